The summed E-state index contributed by atoms with van der Waals surface area (Å²) in [6.45, 7) is 2.46. The van der Waals surface area contributed by atoms with Crippen LogP contribution in [-0.4, -0.2) is 22.1 Å². The van der Waals surface area contributed by atoms with E-state index in [0.717, 1.165) is 11.1 Å². The molecule has 160 valence electrons. The van der Waals surface area contributed by atoms with Crippen LogP contribution >= 0.6 is 23.4 Å². The molecule has 1 aliphatic rings. The molecule has 8 heteroatoms. The molecule has 1 amide bonds. The van der Waals surface area contributed by atoms with Crippen LogP contribution in [0, 0.1) is 0 Å². The van der Waals surface area contributed by atoms with Crippen LogP contribution in [0.5, 0.6) is 5.75 Å². The maximum Gasteiger partial charge on any atom is 0.279 e. The molecule has 0 fully saturated rings. The minimum Gasteiger partial charge on any atom is -0.494 e. The molecule has 31 heavy (non-hydrogen) atoms. The van der Waals surface area contributed by atoms with Crippen molar-refractivity contribution in [2.45, 2.75) is 30.2 Å². The van der Waals surface area contributed by atoms with Gasteiger partial charge in [0.2, 0.25) is 5.91 Å². The lowest BCUT2D eigenvalue weighted by molar-refractivity contribution is -0.116. The van der Waals surface area contributed by atoms with Gasteiger partial charge in [0.05, 0.1) is 12.2 Å². The van der Waals surface area contributed by atoms with E-state index in [1.165, 1.54) is 11.8 Å². The van der Waals surface area contributed by atoms with Crippen LogP contribution in [0.4, 0.5) is 5.82 Å². The van der Waals surface area contributed by atoms with E-state index in [-0.39, 0.29) is 23.8 Å². The van der Waals surface area contributed by atoms with Crippen molar-refractivity contribution < 1.29 is 9.53 Å². The van der Waals surface area contributed by atoms with Crippen molar-refractivity contribution in [2.24, 2.45) is 7.05 Å². The van der Waals surface area contributed by atoms with Crippen LogP contribution in [0.3, 0.4) is 0 Å². The number of ether oxygens (including phenoxy) is 1. The van der Waals surface area contributed by atoms with Crippen LogP contribution in [0.25, 0.3) is 0 Å². The normalized spacial score (nSPS) is 15.3. The quantitative estimate of drug-likeness (QED) is 0.434. The zero-order valence-corrected chi connectivity index (χ0v) is 18.8. The third kappa shape index (κ3) is 4.62. The van der Waals surface area contributed by atoms with Gasteiger partial charge in [0, 0.05) is 30.2 Å². The average Bonchev–Trinajstić information content (AvgIpc) is 2.76. The number of amides is 1. The van der Waals surface area contributed by atoms with E-state index in [1.807, 2.05) is 62.5 Å². The molecule has 1 aromatic heterocycles. The number of carbonyl (C=O) groups is 1. The maximum atomic E-state index is 13.1. The second-order valence-corrected chi connectivity index (χ2v) is 8.63. The highest BCUT2D eigenvalue weighted by Gasteiger charge is 2.32. The van der Waals surface area contributed by atoms with Crippen molar-refractivity contribution in [3.05, 3.63) is 80.6 Å². The Labute approximate surface area is 189 Å². The number of carbonyl (C=O) groups excluding carboxylic acids is 1. The third-order valence-corrected chi connectivity index (χ3v) is 6.51. The summed E-state index contributed by atoms with van der Waals surface area (Å²) in [6.07, 6.45) is 0.191. The average molecular weight is 456 g/mol. The molecule has 1 unspecified atom stereocenters. The third-order valence-electron chi connectivity index (χ3n) is 5.15. The Hall–Kier alpha value is -2.77. The van der Waals surface area contributed by atoms with Gasteiger partial charge in [0.1, 0.15) is 11.6 Å². The zero-order valence-electron chi connectivity index (χ0n) is 17.2. The Morgan fingerprint density at radius 2 is 2.00 bits per heavy atom. The summed E-state index contributed by atoms with van der Waals surface area (Å²) in [6, 6.07) is 15.1. The summed E-state index contributed by atoms with van der Waals surface area (Å²) in [5.41, 5.74) is 2.11. The highest BCUT2D eigenvalue weighted by Crippen LogP contribution is 2.37. The summed E-state index contributed by atoms with van der Waals surface area (Å²) in [4.78, 5) is 29.9. The maximum absolute atomic E-state index is 13.1. The van der Waals surface area contributed by atoms with E-state index in [2.05, 4.69) is 10.3 Å². The Morgan fingerprint density at radius 1 is 1.23 bits per heavy atom. The number of aromatic nitrogens is 2. The van der Waals surface area contributed by atoms with Crippen molar-refractivity contribution in [3.63, 3.8) is 0 Å². The Bertz CT molecular complexity index is 1180. The van der Waals surface area contributed by atoms with Gasteiger partial charge in [-0.05, 0) is 42.3 Å². The first-order chi connectivity index (χ1) is 15.0. The van der Waals surface area contributed by atoms with Crippen LogP contribution in [0.15, 0.2) is 58.5 Å². The van der Waals surface area contributed by atoms with E-state index in [4.69, 9.17) is 16.3 Å². The molecular formula is C23H22ClN3O3S. The minimum absolute atomic E-state index is 0.130. The molecule has 4 rings (SSSR count). The van der Waals surface area contributed by atoms with E-state index in [1.54, 1.807) is 4.57 Å². The van der Waals surface area contributed by atoms with Crippen molar-refractivity contribution in [1.82, 2.24) is 9.55 Å². The van der Waals surface area contributed by atoms with Gasteiger partial charge >= 0.3 is 0 Å². The summed E-state index contributed by atoms with van der Waals surface area (Å²) >= 11 is 7.38. The van der Waals surface area contributed by atoms with Gasteiger partial charge in [-0.1, -0.05) is 47.6 Å². The predicted molar refractivity (Wildman–Crippen MR) is 123 cm³/mol. The number of hydrogen-bond acceptors (Lipinski definition) is 5. The number of rotatable bonds is 6. The fourth-order valence-corrected chi connectivity index (χ4v) is 4.71. The van der Waals surface area contributed by atoms with Crippen LogP contribution in [-0.2, 0) is 17.6 Å². The second kappa shape index (κ2) is 9.16. The molecule has 1 aliphatic heterocycles. The largest absolute Gasteiger partial charge is 0.494 e. The zero-order chi connectivity index (χ0) is 22.0. The van der Waals surface area contributed by atoms with Gasteiger partial charge in [0.15, 0.2) is 5.16 Å². The lowest BCUT2D eigenvalue weighted by atomic mass is 9.86. The number of fused-ring (bicyclic) bond motifs is 1. The van der Waals surface area contributed by atoms with Crippen molar-refractivity contribution in [3.8, 4) is 5.75 Å². The minimum atomic E-state index is -0.370. The molecule has 2 heterocycles. The Kier molecular flexibility index (Phi) is 6.34. The SMILES string of the molecule is CCOc1cccc(C2CC(=O)Nc3c2c(=O)nc(SCc2ccc(Cl)cc2)n3C)c1. The van der Waals surface area contributed by atoms with Gasteiger partial charge < -0.3 is 14.6 Å². The van der Waals surface area contributed by atoms with Crippen LogP contribution < -0.4 is 15.6 Å². The smallest absolute Gasteiger partial charge is 0.279 e. The van der Waals surface area contributed by atoms with E-state index in [0.29, 0.717) is 39.7 Å². The van der Waals surface area contributed by atoms with Crippen LogP contribution in [0.1, 0.15) is 36.0 Å². The van der Waals surface area contributed by atoms with Gasteiger partial charge in [-0.25, -0.2) is 0 Å². The summed E-state index contributed by atoms with van der Waals surface area (Å²) in [5, 5.41) is 4.10. The molecule has 0 aliphatic carbocycles. The van der Waals surface area contributed by atoms with E-state index >= 15 is 0 Å². The number of anilines is 1. The van der Waals surface area contributed by atoms with E-state index in [9.17, 15) is 9.59 Å². The van der Waals surface area contributed by atoms with E-state index < -0.39 is 0 Å². The fourth-order valence-electron chi connectivity index (χ4n) is 3.67. The van der Waals surface area contributed by atoms with Crippen LogP contribution in [0.2, 0.25) is 5.02 Å². The number of hydrogen-bond donors (Lipinski definition) is 1. The molecular weight excluding hydrogens is 434 g/mol. The van der Waals surface area contributed by atoms with Gasteiger partial charge in [-0.2, -0.15) is 4.98 Å². The van der Waals surface area contributed by atoms with Gasteiger partial charge in [-0.15, -0.1) is 0 Å². The topological polar surface area (TPSA) is 73.2 Å². The van der Waals surface area contributed by atoms with Gasteiger partial charge in [0.25, 0.3) is 5.56 Å². The summed E-state index contributed by atoms with van der Waals surface area (Å²) in [7, 11) is 1.81. The molecule has 0 spiro atoms. The second-order valence-electron chi connectivity index (χ2n) is 7.25. The molecule has 0 bridgehead atoms. The highest BCUT2D eigenvalue weighted by molar-refractivity contribution is 7.98. The first-order valence-corrected chi connectivity index (χ1v) is 11.3. The first kappa shape index (κ1) is 21.5. The predicted octanol–water partition coefficient (Wildman–Crippen LogP) is 4.60. The molecule has 1 atom stereocenters. The number of benzene rings is 2. The molecule has 2 aromatic carbocycles. The van der Waals surface area contributed by atoms with Gasteiger partial charge in [-0.3, -0.25) is 9.59 Å². The lowest BCUT2D eigenvalue weighted by Gasteiger charge is -2.27. The number of thioether (sulfide) groups is 1. The van der Waals surface area contributed by atoms with Crippen molar-refractivity contribution in [2.75, 3.05) is 11.9 Å². The number of halogens is 1. The summed E-state index contributed by atoms with van der Waals surface area (Å²) < 4.78 is 7.38. The molecule has 0 saturated carbocycles. The highest BCUT2D eigenvalue weighted by atomic mass is 35.5. The monoisotopic (exact) mass is 455 g/mol. The molecule has 0 radical (unpaired) electrons. The Balaban J connectivity index is 1.69. The Morgan fingerprint density at radius 3 is 2.74 bits per heavy atom. The standard InChI is InChI=1S/C23H22ClN3O3S/c1-3-30-17-6-4-5-15(11-17)18-12-19(28)25-21-20(18)22(29)26-23(27(21)2)31-13-14-7-9-16(24)10-8-14/h4-11,18H,3,12-13H2,1-2H3,(H,25,28). The summed E-state index contributed by atoms with van der Waals surface area (Å²) in [5.74, 6) is 1.35. The molecule has 0 saturated heterocycles. The fraction of sp³-hybridized carbons (Fsp3) is 0.261. The first-order valence-electron chi connectivity index (χ1n) is 9.97. The lowest BCUT2D eigenvalue weighted by Crippen LogP contribution is -2.33. The van der Waals surface area contributed by atoms with Crippen molar-refractivity contribution in [1.29, 1.82) is 0 Å². The number of nitrogens with one attached hydrogen (secondary N) is 1. The molecule has 1 N–H and O–H groups in total. The molecule has 3 aromatic rings. The number of nitrogens with zero attached hydrogens (tertiary/aromatic N) is 2. The molecule has 6 nitrogen and oxygen atoms in total. The van der Waals surface area contributed by atoms with Crippen molar-refractivity contribution >= 4 is 35.1 Å².